The standard InChI is InChI=1S/C45H78O19P2/c1-3-5-7-8-9-10-11-12-13-14-15-20-24-30-38(49)60-32-35(33-61-66(58,59)64-45-42(53)40(51)41(52)44(43(45)54)63-65(55,56)57)62-39(50)31-25-29-37(48)36(47)28-23-19-17-16-18-22-27-34(46)26-21-6-4-2/h10-11,16-19,22-23,27-28,34-37,40-48,51-54H,3-9,12-15,20-21,24-26,29-33H2,1-2H3,(H,58,59)(H2,55,56,57)/b11-10-,18-16-,19-17+,27-22+,28-23+/t34-,35+,36-,37-,40?,41?,42?,43?,44+,45-/m0/s1. The molecule has 1 aliphatic rings. The fraction of sp³-hybridized carbons (Fsp3) is 0.733. The number of carbonyl (C=O) groups is 2. The van der Waals surface area contributed by atoms with Crippen molar-refractivity contribution in [1.29, 1.82) is 0 Å². The molecule has 0 bridgehead atoms. The van der Waals surface area contributed by atoms with E-state index in [0.717, 1.165) is 57.8 Å². The lowest BCUT2D eigenvalue weighted by molar-refractivity contribution is -0.216. The van der Waals surface area contributed by atoms with E-state index in [1.165, 1.54) is 37.8 Å². The number of allylic oxidation sites excluding steroid dienone is 8. The van der Waals surface area contributed by atoms with Crippen LogP contribution in [0.1, 0.15) is 136 Å². The van der Waals surface area contributed by atoms with Gasteiger partial charge in [-0.1, -0.05) is 132 Å². The summed E-state index contributed by atoms with van der Waals surface area (Å²) >= 11 is 0. The molecule has 0 radical (unpaired) electrons. The van der Waals surface area contributed by atoms with E-state index in [4.69, 9.17) is 28.3 Å². The number of rotatable bonds is 37. The van der Waals surface area contributed by atoms with Crippen molar-refractivity contribution in [2.75, 3.05) is 13.2 Å². The number of esters is 2. The van der Waals surface area contributed by atoms with Gasteiger partial charge in [0, 0.05) is 12.8 Å². The van der Waals surface area contributed by atoms with E-state index in [2.05, 4.69) is 30.5 Å². The van der Waals surface area contributed by atoms with Crippen molar-refractivity contribution in [2.24, 2.45) is 0 Å². The lowest BCUT2D eigenvalue weighted by Gasteiger charge is -2.43. The first-order chi connectivity index (χ1) is 31.3. The summed E-state index contributed by atoms with van der Waals surface area (Å²) in [6.07, 6.45) is 13.9. The Kier molecular flexibility index (Phi) is 33.3. The minimum atomic E-state index is -5.41. The summed E-state index contributed by atoms with van der Waals surface area (Å²) in [5.41, 5.74) is 0. The van der Waals surface area contributed by atoms with Crippen LogP contribution in [-0.2, 0) is 41.8 Å². The van der Waals surface area contributed by atoms with E-state index in [0.29, 0.717) is 12.8 Å². The zero-order chi connectivity index (χ0) is 49.4. The first kappa shape index (κ1) is 61.6. The summed E-state index contributed by atoms with van der Waals surface area (Å²) in [7, 11) is -10.8. The highest BCUT2D eigenvalue weighted by atomic mass is 31.2. The summed E-state index contributed by atoms with van der Waals surface area (Å²) in [5.74, 6) is -1.55. The number of unbranched alkanes of at least 4 members (excludes halogenated alkanes) is 11. The van der Waals surface area contributed by atoms with Gasteiger partial charge in [0.25, 0.3) is 0 Å². The van der Waals surface area contributed by atoms with Crippen molar-refractivity contribution in [3.8, 4) is 0 Å². The number of ether oxygens (including phenoxy) is 2. The predicted octanol–water partition coefficient (Wildman–Crippen LogP) is 5.19. The maximum atomic E-state index is 13.0. The van der Waals surface area contributed by atoms with Gasteiger partial charge in [-0.3, -0.25) is 23.2 Å². The molecular weight excluding hydrogens is 906 g/mol. The molecule has 0 aliphatic heterocycles. The van der Waals surface area contributed by atoms with Gasteiger partial charge in [0.1, 0.15) is 43.2 Å². The number of hydrogen-bond donors (Lipinski definition) is 10. The van der Waals surface area contributed by atoms with Crippen molar-refractivity contribution < 1.29 is 92.2 Å². The molecule has 0 aromatic carbocycles. The largest absolute Gasteiger partial charge is 0.472 e. The molecule has 1 rings (SSSR count). The monoisotopic (exact) mass is 984 g/mol. The van der Waals surface area contributed by atoms with E-state index >= 15 is 0 Å². The number of aliphatic hydroxyl groups excluding tert-OH is 7. The van der Waals surface area contributed by atoms with Crippen LogP contribution in [0.2, 0.25) is 0 Å². The van der Waals surface area contributed by atoms with Gasteiger partial charge in [-0.05, 0) is 51.4 Å². The van der Waals surface area contributed by atoms with Gasteiger partial charge in [-0.2, -0.15) is 0 Å². The van der Waals surface area contributed by atoms with Gasteiger partial charge in [-0.15, -0.1) is 0 Å². The van der Waals surface area contributed by atoms with Gasteiger partial charge in [0.2, 0.25) is 0 Å². The summed E-state index contributed by atoms with van der Waals surface area (Å²) in [4.78, 5) is 54.2. The topological polar surface area (TPSA) is 317 Å². The highest BCUT2D eigenvalue weighted by Gasteiger charge is 2.54. The van der Waals surface area contributed by atoms with Crippen molar-refractivity contribution in [3.05, 3.63) is 60.8 Å². The highest BCUT2D eigenvalue weighted by molar-refractivity contribution is 7.47. The second kappa shape index (κ2) is 35.7. The van der Waals surface area contributed by atoms with Crippen LogP contribution in [0.4, 0.5) is 0 Å². The van der Waals surface area contributed by atoms with E-state index in [-0.39, 0.29) is 25.7 Å². The van der Waals surface area contributed by atoms with E-state index in [9.17, 15) is 59.4 Å². The van der Waals surface area contributed by atoms with Gasteiger partial charge in [0.15, 0.2) is 6.10 Å². The Morgan fingerprint density at radius 1 is 0.576 bits per heavy atom. The van der Waals surface area contributed by atoms with Gasteiger partial charge < -0.3 is 59.9 Å². The van der Waals surface area contributed by atoms with Crippen LogP contribution < -0.4 is 0 Å². The average Bonchev–Trinajstić information content (AvgIpc) is 3.26. The second-order valence-electron chi connectivity index (χ2n) is 16.3. The minimum Gasteiger partial charge on any atom is -0.462 e. The molecule has 5 unspecified atom stereocenters. The molecule has 0 amide bonds. The normalized spacial score (nSPS) is 23.5. The summed E-state index contributed by atoms with van der Waals surface area (Å²) in [6, 6.07) is 0. The van der Waals surface area contributed by atoms with Crippen LogP contribution in [0, 0.1) is 0 Å². The molecule has 11 atom stereocenters. The molecule has 19 nitrogen and oxygen atoms in total. The van der Waals surface area contributed by atoms with Gasteiger partial charge in [0.05, 0.1) is 24.9 Å². The molecule has 1 aliphatic carbocycles. The molecule has 0 heterocycles. The number of hydrogen-bond acceptors (Lipinski definition) is 16. The molecule has 1 saturated carbocycles. The Balaban J connectivity index is 2.77. The Morgan fingerprint density at radius 2 is 1.11 bits per heavy atom. The van der Waals surface area contributed by atoms with Crippen LogP contribution in [0.5, 0.6) is 0 Å². The molecular formula is C45H78O19P2. The molecule has 21 heteroatoms. The zero-order valence-electron chi connectivity index (χ0n) is 38.4. The highest BCUT2D eigenvalue weighted by Crippen LogP contribution is 2.49. The zero-order valence-corrected chi connectivity index (χ0v) is 40.2. The Bertz CT molecular complexity index is 1560. The second-order valence-corrected chi connectivity index (χ2v) is 18.9. The van der Waals surface area contributed by atoms with Gasteiger partial charge >= 0.3 is 27.6 Å². The molecule has 0 saturated heterocycles. The van der Waals surface area contributed by atoms with E-state index < -0.39 is 102 Å². The lowest BCUT2D eigenvalue weighted by Crippen LogP contribution is -2.64. The van der Waals surface area contributed by atoms with E-state index in [1.54, 1.807) is 36.5 Å². The number of phosphoric ester groups is 2. The molecule has 1 fully saturated rings. The summed E-state index contributed by atoms with van der Waals surface area (Å²) < 4.78 is 49.0. The fourth-order valence-electron chi connectivity index (χ4n) is 6.64. The summed E-state index contributed by atoms with van der Waals surface area (Å²) in [5, 5.41) is 71.8. The molecule has 382 valence electrons. The number of aliphatic hydroxyl groups is 7. The number of carbonyl (C=O) groups excluding carboxylic acids is 2. The van der Waals surface area contributed by atoms with Crippen molar-refractivity contribution in [2.45, 2.75) is 197 Å². The predicted molar refractivity (Wildman–Crippen MR) is 245 cm³/mol. The third kappa shape index (κ3) is 29.5. The number of phosphoric acid groups is 2. The molecule has 0 spiro atoms. The fourth-order valence-corrected chi connectivity index (χ4v) is 8.18. The van der Waals surface area contributed by atoms with Crippen LogP contribution in [-0.4, -0.2) is 137 Å². The van der Waals surface area contributed by atoms with Crippen molar-refractivity contribution >= 4 is 27.6 Å². The van der Waals surface area contributed by atoms with E-state index in [1.807, 2.05) is 0 Å². The Morgan fingerprint density at radius 3 is 1.73 bits per heavy atom. The molecule has 0 aromatic heterocycles. The minimum absolute atomic E-state index is 0.0217. The van der Waals surface area contributed by atoms with Crippen LogP contribution in [0.3, 0.4) is 0 Å². The molecule has 0 aromatic rings. The Hall–Kier alpha value is -2.42. The molecule has 66 heavy (non-hydrogen) atoms. The van der Waals surface area contributed by atoms with Gasteiger partial charge in [-0.25, -0.2) is 9.13 Å². The lowest BCUT2D eigenvalue weighted by atomic mass is 9.85. The van der Waals surface area contributed by atoms with Crippen LogP contribution in [0.25, 0.3) is 0 Å². The SMILES string of the molecule is CCCCCC/C=C\CCCCCCCC(=O)OC[C@H](COP(=O)(O)O[C@H]1C(O)C(O)C(O)[C@@H](OP(=O)(O)O)C1O)OC(=O)CCC[C@H](O)[C@@H](O)/C=C/C=C/C=C\C=C\[C@@H](O)CCCCC. The first-order valence-corrected chi connectivity index (χ1v) is 26.2. The third-order valence-corrected chi connectivity index (χ3v) is 11.9. The van der Waals surface area contributed by atoms with Crippen LogP contribution in [0.15, 0.2) is 60.8 Å². The maximum Gasteiger partial charge on any atom is 0.472 e. The van der Waals surface area contributed by atoms with Crippen molar-refractivity contribution in [1.82, 2.24) is 0 Å². The smallest absolute Gasteiger partial charge is 0.462 e. The van der Waals surface area contributed by atoms with Crippen LogP contribution >= 0.6 is 15.6 Å². The first-order valence-electron chi connectivity index (χ1n) is 23.2. The maximum absolute atomic E-state index is 13.0. The van der Waals surface area contributed by atoms with Crippen molar-refractivity contribution in [3.63, 3.8) is 0 Å². The summed E-state index contributed by atoms with van der Waals surface area (Å²) in [6.45, 7) is 2.68. The third-order valence-electron chi connectivity index (χ3n) is 10.4. The average molecular weight is 985 g/mol. The quantitative estimate of drug-likeness (QED) is 0.0126. The Labute approximate surface area is 389 Å². The molecule has 10 N–H and O–H groups in total.